The Kier molecular flexibility index (Phi) is 17.7. The summed E-state index contributed by atoms with van der Waals surface area (Å²) in [5, 5.41) is 86.6. The molecule has 0 aliphatic carbocycles. The molecule has 1 unspecified atom stereocenters. The third-order valence-electron chi connectivity index (χ3n) is 9.06. The molecular weight excluding hydrogens is 997 g/mol. The van der Waals surface area contributed by atoms with E-state index in [0.717, 1.165) is 6.92 Å². The van der Waals surface area contributed by atoms with Crippen molar-refractivity contribution in [1.82, 2.24) is 10.0 Å². The van der Waals surface area contributed by atoms with Gasteiger partial charge in [0.1, 0.15) is 79.2 Å². The Labute approximate surface area is 364 Å². The molecule has 39 heteroatoms. The van der Waals surface area contributed by atoms with Crippen LogP contribution in [0.4, 0.5) is 0 Å². The number of aliphatic carboxylic acids is 2. The molecule has 4 aliphatic heterocycles. The van der Waals surface area contributed by atoms with Crippen molar-refractivity contribution in [3.05, 3.63) is 11.8 Å². The molecule has 4 rings (SSSR count). The molecule has 4 heterocycles. The van der Waals surface area contributed by atoms with E-state index in [2.05, 4.69) is 17.9 Å². The first-order valence-electron chi connectivity index (χ1n) is 17.4. The van der Waals surface area contributed by atoms with E-state index in [-0.39, 0.29) is 0 Å². The van der Waals surface area contributed by atoms with E-state index in [0.29, 0.717) is 6.08 Å². The summed E-state index contributed by atoms with van der Waals surface area (Å²) in [6.07, 6.45) is -38.8. The number of carbonyl (C=O) groups excluding carboxylic acids is 1. The Morgan fingerprint density at radius 2 is 1.17 bits per heavy atom. The van der Waals surface area contributed by atoms with Gasteiger partial charge in [-0.3, -0.25) is 23.0 Å². The minimum atomic E-state index is -5.83. The number of hydrogen-bond donors (Lipinski definition) is 14. The number of aliphatic hydroxyl groups is 6. The van der Waals surface area contributed by atoms with Gasteiger partial charge in [-0.25, -0.2) is 22.1 Å². The molecule has 376 valence electrons. The summed E-state index contributed by atoms with van der Waals surface area (Å²) in [4.78, 5) is 36.5. The van der Waals surface area contributed by atoms with Crippen LogP contribution in [-0.2, 0) is 102 Å². The number of carbonyl (C=O) groups is 3. The second kappa shape index (κ2) is 21.1. The molecule has 65 heavy (non-hydrogen) atoms. The van der Waals surface area contributed by atoms with E-state index in [4.69, 9.17) is 37.7 Å². The van der Waals surface area contributed by atoms with Crippen LogP contribution in [0.3, 0.4) is 0 Å². The van der Waals surface area contributed by atoms with Gasteiger partial charge in [0.2, 0.25) is 18.0 Å². The largest absolute Gasteiger partial charge is 0.479 e. The number of amides is 1. The normalized spacial score (nSPS) is 38.5. The van der Waals surface area contributed by atoms with E-state index in [9.17, 15) is 103 Å². The smallest absolute Gasteiger partial charge is 0.397 e. The third-order valence-corrected chi connectivity index (χ3v) is 11.0. The van der Waals surface area contributed by atoms with Crippen molar-refractivity contribution in [2.75, 3.05) is 13.2 Å². The van der Waals surface area contributed by atoms with Crippen molar-refractivity contribution in [2.45, 2.75) is 117 Å². The van der Waals surface area contributed by atoms with Crippen LogP contribution < -0.4 is 10.0 Å². The Morgan fingerprint density at radius 1 is 0.631 bits per heavy atom. The molecule has 0 bridgehead atoms. The van der Waals surface area contributed by atoms with Gasteiger partial charge in [-0.15, -0.1) is 0 Å². The number of rotatable bonds is 19. The SMILES string of the molecule is CC(=O)N[C@H]1[C@@H](O[C@H]2[C@H](O)[C@@H](O)[C@H](O[C@H]3[C@H](OS(=O)(=O)O)[C@@H](NS(=O)(=O)O)C(O)O[C@@H]3COS(=O)(=O)O)O[C@@H]2C(=O)O)O[C@H](COS(=O)(=O)O)[C@@H](O[C@@H]2OC(C(=O)O)=C[C@H](O)[C@H]2O)[C@@H]1O. The van der Waals surface area contributed by atoms with Crippen LogP contribution in [0, 0.1) is 0 Å². The van der Waals surface area contributed by atoms with Gasteiger partial charge in [-0.05, 0) is 6.08 Å². The fourth-order valence-electron chi connectivity index (χ4n) is 6.45. The molecular formula is C26H40N2O33S4. The third kappa shape index (κ3) is 15.0. The second-order valence-corrected chi connectivity index (χ2v) is 18.1. The van der Waals surface area contributed by atoms with Gasteiger partial charge < -0.3 is 79.3 Å². The Morgan fingerprint density at radius 3 is 1.66 bits per heavy atom. The monoisotopic (exact) mass is 1040 g/mol. The quantitative estimate of drug-likeness (QED) is 0.0534. The maximum absolute atomic E-state index is 12.6. The molecule has 1 amide bonds. The highest BCUT2D eigenvalue weighted by molar-refractivity contribution is 7.83. The highest BCUT2D eigenvalue weighted by Gasteiger charge is 2.58. The number of ether oxygens (including phenoxy) is 7. The topological polar surface area (TPSA) is 547 Å². The van der Waals surface area contributed by atoms with Gasteiger partial charge in [0, 0.05) is 6.92 Å². The lowest BCUT2D eigenvalue weighted by Gasteiger charge is -2.49. The highest BCUT2D eigenvalue weighted by Crippen LogP contribution is 2.35. The van der Waals surface area contributed by atoms with E-state index < -0.39 is 189 Å². The summed E-state index contributed by atoms with van der Waals surface area (Å²) in [6, 6.07) is -4.69. The molecule has 0 aromatic heterocycles. The molecule has 14 N–H and O–H groups in total. The summed E-state index contributed by atoms with van der Waals surface area (Å²) in [7, 11) is -22.2. The van der Waals surface area contributed by atoms with Crippen molar-refractivity contribution in [3.8, 4) is 0 Å². The Balaban J connectivity index is 1.71. The number of nitrogens with one attached hydrogen (secondary N) is 2. The van der Waals surface area contributed by atoms with Crippen LogP contribution in [0.15, 0.2) is 11.8 Å². The van der Waals surface area contributed by atoms with Crippen LogP contribution >= 0.6 is 0 Å². The van der Waals surface area contributed by atoms with E-state index in [1.165, 1.54) is 4.72 Å². The maximum Gasteiger partial charge on any atom is 0.397 e. The van der Waals surface area contributed by atoms with Crippen LogP contribution in [0.1, 0.15) is 6.92 Å². The average molecular weight is 1040 g/mol. The van der Waals surface area contributed by atoms with Gasteiger partial charge in [0.25, 0.3) is 0 Å². The van der Waals surface area contributed by atoms with Crippen LogP contribution in [0.2, 0.25) is 0 Å². The highest BCUT2D eigenvalue weighted by atomic mass is 32.3. The fourth-order valence-corrected chi connectivity index (χ4v) is 8.16. The minimum Gasteiger partial charge on any atom is -0.479 e. The van der Waals surface area contributed by atoms with Gasteiger partial charge in [-0.1, -0.05) is 0 Å². The number of carboxylic acid groups (broad SMARTS) is 2. The Bertz CT molecular complexity index is 2210. The first-order chi connectivity index (χ1) is 29.7. The van der Waals surface area contributed by atoms with Gasteiger partial charge in [0.15, 0.2) is 25.0 Å². The van der Waals surface area contributed by atoms with Gasteiger partial charge in [0.05, 0.1) is 13.2 Å². The van der Waals surface area contributed by atoms with Gasteiger partial charge in [-0.2, -0.15) is 38.4 Å². The molecule has 0 aromatic rings. The Hall–Kier alpha value is -3.05. The molecule has 0 saturated carbocycles. The van der Waals surface area contributed by atoms with Crippen LogP contribution in [0.5, 0.6) is 0 Å². The van der Waals surface area contributed by atoms with E-state index >= 15 is 0 Å². The van der Waals surface area contributed by atoms with Crippen molar-refractivity contribution in [2.24, 2.45) is 0 Å². The first kappa shape index (κ1) is 54.6. The van der Waals surface area contributed by atoms with Crippen LogP contribution in [-0.4, -0.2) is 234 Å². The second-order valence-electron chi connectivity index (χ2n) is 13.7. The molecule has 3 fully saturated rings. The predicted octanol–water partition coefficient (Wildman–Crippen LogP) is -9.38. The standard InChI is InChI=1S/C26H40N2O33S4/c1-5(29)27-10-13(32)16(57-25-12(31)6(30)2-7(55-25)21(35)36)8(3-52-63(43,44)45)56-24(10)59-19-14(33)15(34)26(60-20(19)22(37)38)58-17-9(4-53-64(46,47)48)54-23(39)11(28-62(40,41)42)18(17)61-65(49,50)51/h2,6,8-20,23-26,28,30-34,39H,3-4H2,1H3,(H,27,29)(H,35,36)(H,37,38)(H,40,41,42)(H,43,44,45)(H,46,47,48)(H,49,50,51)/t6-,8+,9+,10+,11+,12+,13+,14+,15+,16+,17+,18+,19-,20-,23?,24+,25-,26+/m0/s1. The zero-order valence-corrected chi connectivity index (χ0v) is 35.2. The van der Waals surface area contributed by atoms with E-state index in [1.807, 2.05) is 0 Å². The lowest BCUT2D eigenvalue weighted by Crippen LogP contribution is -2.70. The summed E-state index contributed by atoms with van der Waals surface area (Å²) in [5.74, 6) is -6.05. The molecule has 4 aliphatic rings. The molecule has 35 nitrogen and oxygen atoms in total. The number of carboxylic acids is 2. The van der Waals surface area contributed by atoms with Gasteiger partial charge >= 0.3 is 53.4 Å². The summed E-state index contributed by atoms with van der Waals surface area (Å²) >= 11 is 0. The lowest BCUT2D eigenvalue weighted by molar-refractivity contribution is -0.364. The van der Waals surface area contributed by atoms with Crippen molar-refractivity contribution in [3.63, 3.8) is 0 Å². The molecule has 0 spiro atoms. The molecule has 3 saturated heterocycles. The molecule has 0 aromatic carbocycles. The van der Waals surface area contributed by atoms with Crippen LogP contribution in [0.25, 0.3) is 0 Å². The molecule has 0 radical (unpaired) electrons. The number of hydrogen-bond acceptors (Lipinski definition) is 27. The maximum atomic E-state index is 12.6. The summed E-state index contributed by atoms with van der Waals surface area (Å²) in [6.45, 7) is -2.14. The average Bonchev–Trinajstić information content (AvgIpc) is 3.14. The number of aliphatic hydroxyl groups excluding tert-OH is 6. The fraction of sp³-hybridized carbons (Fsp3) is 0.808. The lowest BCUT2D eigenvalue weighted by atomic mass is 9.94. The summed E-state index contributed by atoms with van der Waals surface area (Å²) < 4.78 is 181. The van der Waals surface area contributed by atoms with Crippen molar-refractivity contribution in [1.29, 1.82) is 0 Å². The predicted molar refractivity (Wildman–Crippen MR) is 189 cm³/mol. The zero-order chi connectivity index (χ0) is 49.3. The van der Waals surface area contributed by atoms with Crippen molar-refractivity contribution < 1.29 is 153 Å². The first-order valence-corrected chi connectivity index (χ1v) is 23.0. The van der Waals surface area contributed by atoms with E-state index in [1.54, 1.807) is 0 Å². The summed E-state index contributed by atoms with van der Waals surface area (Å²) in [5.41, 5.74) is 0. The zero-order valence-electron chi connectivity index (χ0n) is 32.0. The molecule has 18 atom stereocenters. The minimum absolute atomic E-state index is 0.539. The van der Waals surface area contributed by atoms with Crippen molar-refractivity contribution >= 4 is 59.3 Å².